The van der Waals surface area contributed by atoms with Crippen molar-refractivity contribution in [3.8, 4) is 0 Å². The fourth-order valence-corrected chi connectivity index (χ4v) is 1.58. The Hall–Kier alpha value is -2.50. The van der Waals surface area contributed by atoms with Gasteiger partial charge < -0.3 is 16.4 Å². The lowest BCUT2D eigenvalue weighted by Gasteiger charge is -2.07. The molecule has 0 spiro atoms. The third kappa shape index (κ3) is 2.60. The number of urea groups is 1. The first-order valence-corrected chi connectivity index (χ1v) is 5.51. The van der Waals surface area contributed by atoms with Crippen molar-refractivity contribution in [1.29, 1.82) is 0 Å². The van der Waals surface area contributed by atoms with Gasteiger partial charge in [-0.25, -0.2) is 4.79 Å². The molecule has 0 atom stereocenters. The number of carbonyl (C=O) groups excluding carboxylic acids is 1. The van der Waals surface area contributed by atoms with Crippen LogP contribution in [0.3, 0.4) is 0 Å². The van der Waals surface area contributed by atoms with Gasteiger partial charge in [0.2, 0.25) is 0 Å². The molecular weight excluding hydrogens is 230 g/mol. The Labute approximate surface area is 105 Å². The van der Waals surface area contributed by atoms with Crippen molar-refractivity contribution in [2.75, 3.05) is 16.4 Å². The number of nitrogens with two attached hydrogens (primary N) is 1. The summed E-state index contributed by atoms with van der Waals surface area (Å²) in [5, 5.41) is 12.3. The number of nitrogen functional groups attached to an aromatic ring is 1. The minimum absolute atomic E-state index is 0.313. The van der Waals surface area contributed by atoms with Gasteiger partial charge in [0.1, 0.15) is 0 Å². The van der Waals surface area contributed by atoms with Crippen LogP contribution in [0.2, 0.25) is 0 Å². The van der Waals surface area contributed by atoms with Gasteiger partial charge in [-0.1, -0.05) is 0 Å². The van der Waals surface area contributed by atoms with Gasteiger partial charge in [-0.2, -0.15) is 5.10 Å². The number of aromatic nitrogens is 2. The predicted molar refractivity (Wildman–Crippen MR) is 71.6 cm³/mol. The number of hydrogen-bond donors (Lipinski definition) is 4. The Kier molecular flexibility index (Phi) is 3.18. The molecule has 2 rings (SSSR count). The zero-order chi connectivity index (χ0) is 13.1. The van der Waals surface area contributed by atoms with Crippen LogP contribution >= 0.6 is 0 Å². The highest BCUT2D eigenvalue weighted by atomic mass is 16.2. The number of benzene rings is 1. The van der Waals surface area contributed by atoms with Crippen LogP contribution < -0.4 is 16.4 Å². The highest BCUT2D eigenvalue weighted by molar-refractivity contribution is 6.00. The Morgan fingerprint density at radius 3 is 2.44 bits per heavy atom. The zero-order valence-electron chi connectivity index (χ0n) is 10.2. The zero-order valence-corrected chi connectivity index (χ0v) is 10.2. The molecule has 0 radical (unpaired) electrons. The fourth-order valence-electron chi connectivity index (χ4n) is 1.58. The lowest BCUT2D eigenvalue weighted by molar-refractivity contribution is 0.262. The van der Waals surface area contributed by atoms with E-state index < -0.39 is 0 Å². The van der Waals surface area contributed by atoms with Crippen LogP contribution in [0.4, 0.5) is 21.9 Å². The summed E-state index contributed by atoms with van der Waals surface area (Å²) in [7, 11) is 0. The average Bonchev–Trinajstić information content (AvgIpc) is 2.64. The third-order valence-corrected chi connectivity index (χ3v) is 2.54. The maximum absolute atomic E-state index is 11.8. The van der Waals surface area contributed by atoms with Crippen molar-refractivity contribution in [2.24, 2.45) is 0 Å². The van der Waals surface area contributed by atoms with Crippen LogP contribution in [0.15, 0.2) is 24.3 Å². The molecule has 6 heteroatoms. The van der Waals surface area contributed by atoms with Gasteiger partial charge in [0.25, 0.3) is 0 Å². The maximum Gasteiger partial charge on any atom is 0.323 e. The average molecular weight is 245 g/mol. The molecule has 0 saturated heterocycles. The van der Waals surface area contributed by atoms with Gasteiger partial charge in [-0.3, -0.25) is 5.10 Å². The molecule has 2 amide bonds. The topological polar surface area (TPSA) is 95.8 Å². The van der Waals surface area contributed by atoms with Gasteiger partial charge in [0.05, 0.1) is 17.1 Å². The van der Waals surface area contributed by atoms with Crippen LogP contribution in [0.1, 0.15) is 11.4 Å². The summed E-state index contributed by atoms with van der Waals surface area (Å²) >= 11 is 0. The minimum Gasteiger partial charge on any atom is -0.399 e. The van der Waals surface area contributed by atoms with Crippen molar-refractivity contribution in [3.63, 3.8) is 0 Å². The molecule has 0 bridgehead atoms. The Balaban J connectivity index is 2.03. The summed E-state index contributed by atoms with van der Waals surface area (Å²) in [6.07, 6.45) is 0. The second-order valence-electron chi connectivity index (χ2n) is 4.01. The van der Waals surface area contributed by atoms with E-state index >= 15 is 0 Å². The highest BCUT2D eigenvalue weighted by Gasteiger charge is 2.09. The molecule has 6 nitrogen and oxygen atoms in total. The van der Waals surface area contributed by atoms with Crippen molar-refractivity contribution >= 4 is 23.1 Å². The molecule has 94 valence electrons. The van der Waals surface area contributed by atoms with Crippen molar-refractivity contribution in [3.05, 3.63) is 35.7 Å². The number of aryl methyl sites for hydroxylation is 2. The van der Waals surface area contributed by atoms with E-state index in [2.05, 4.69) is 20.8 Å². The monoisotopic (exact) mass is 245 g/mol. The molecule has 0 unspecified atom stereocenters. The number of nitrogens with zero attached hydrogens (tertiary/aromatic N) is 1. The summed E-state index contributed by atoms with van der Waals surface area (Å²) in [5.41, 5.74) is 9.17. The Morgan fingerprint density at radius 2 is 1.89 bits per heavy atom. The summed E-state index contributed by atoms with van der Waals surface area (Å²) < 4.78 is 0. The quantitative estimate of drug-likeness (QED) is 0.611. The van der Waals surface area contributed by atoms with Crippen molar-refractivity contribution in [1.82, 2.24) is 10.2 Å². The van der Waals surface area contributed by atoms with Crippen molar-refractivity contribution < 1.29 is 4.79 Å². The molecule has 18 heavy (non-hydrogen) atoms. The lowest BCUT2D eigenvalue weighted by atomic mass is 10.3. The predicted octanol–water partition coefficient (Wildman–Crippen LogP) is 2.25. The summed E-state index contributed by atoms with van der Waals surface area (Å²) in [4.78, 5) is 11.8. The van der Waals surface area contributed by atoms with E-state index in [4.69, 9.17) is 5.73 Å². The van der Waals surface area contributed by atoms with Gasteiger partial charge in [-0.05, 0) is 38.1 Å². The SMILES string of the molecule is Cc1n[nH]c(C)c1NC(=O)Nc1ccc(N)cc1. The van der Waals surface area contributed by atoms with E-state index in [9.17, 15) is 4.79 Å². The number of H-pyrrole nitrogens is 1. The standard InChI is InChI=1S/C12H15N5O/c1-7-11(8(2)17-16-7)15-12(18)14-10-5-3-9(13)4-6-10/h3-6H,13H2,1-2H3,(H,16,17)(H2,14,15,18). The Morgan fingerprint density at radius 1 is 1.22 bits per heavy atom. The van der Waals surface area contributed by atoms with Crippen LogP contribution in [0, 0.1) is 13.8 Å². The van der Waals surface area contributed by atoms with Gasteiger partial charge in [0, 0.05) is 11.4 Å². The normalized spacial score (nSPS) is 10.1. The molecule has 0 fully saturated rings. The van der Waals surface area contributed by atoms with E-state index in [1.165, 1.54) is 0 Å². The molecule has 0 aliphatic heterocycles. The van der Waals surface area contributed by atoms with Gasteiger partial charge >= 0.3 is 6.03 Å². The van der Waals surface area contributed by atoms with E-state index in [1.54, 1.807) is 24.3 Å². The molecular formula is C12H15N5O. The summed E-state index contributed by atoms with van der Waals surface area (Å²) in [6, 6.07) is 6.62. The van der Waals surface area contributed by atoms with E-state index in [-0.39, 0.29) is 6.03 Å². The number of carbonyl (C=O) groups is 1. The number of rotatable bonds is 2. The maximum atomic E-state index is 11.8. The van der Waals surface area contributed by atoms with Crippen molar-refractivity contribution in [2.45, 2.75) is 13.8 Å². The molecule has 1 aromatic carbocycles. The van der Waals surface area contributed by atoms with Gasteiger partial charge in [0.15, 0.2) is 0 Å². The molecule has 1 heterocycles. The summed E-state index contributed by atoms with van der Waals surface area (Å²) in [5.74, 6) is 0. The van der Waals surface area contributed by atoms with E-state index in [0.29, 0.717) is 17.1 Å². The third-order valence-electron chi connectivity index (χ3n) is 2.54. The molecule has 0 saturated carbocycles. The van der Waals surface area contributed by atoms with Crippen LogP contribution in [-0.4, -0.2) is 16.2 Å². The summed E-state index contributed by atoms with van der Waals surface area (Å²) in [6.45, 7) is 3.67. The molecule has 1 aromatic heterocycles. The molecule has 2 aromatic rings. The second kappa shape index (κ2) is 4.79. The number of amides is 2. The minimum atomic E-state index is -0.313. The first-order chi connectivity index (χ1) is 8.56. The number of anilines is 3. The first kappa shape index (κ1) is 12.0. The number of hydrogen-bond acceptors (Lipinski definition) is 3. The smallest absolute Gasteiger partial charge is 0.323 e. The lowest BCUT2D eigenvalue weighted by Crippen LogP contribution is -2.20. The van der Waals surface area contributed by atoms with Gasteiger partial charge in [-0.15, -0.1) is 0 Å². The highest BCUT2D eigenvalue weighted by Crippen LogP contribution is 2.17. The largest absolute Gasteiger partial charge is 0.399 e. The molecule has 0 aliphatic rings. The van der Waals surface area contributed by atoms with Crippen LogP contribution in [0.5, 0.6) is 0 Å². The van der Waals surface area contributed by atoms with E-state index in [1.807, 2.05) is 13.8 Å². The van der Waals surface area contributed by atoms with E-state index in [0.717, 1.165) is 11.4 Å². The fraction of sp³-hybridized carbons (Fsp3) is 0.167. The molecule has 5 N–H and O–H groups in total. The first-order valence-electron chi connectivity index (χ1n) is 5.51. The Bertz CT molecular complexity index is 539. The molecule has 0 aliphatic carbocycles. The van der Waals surface area contributed by atoms with Crippen LogP contribution in [0.25, 0.3) is 0 Å². The van der Waals surface area contributed by atoms with Crippen LogP contribution in [-0.2, 0) is 0 Å². The second-order valence-corrected chi connectivity index (χ2v) is 4.01. The number of aromatic amines is 1. The number of nitrogens with one attached hydrogen (secondary N) is 3.